The number of nitrogens with one attached hydrogen (secondary N) is 3. The molecule has 10 heteroatoms. The molecular formula is C31H43N7O3. The monoisotopic (exact) mass is 561 g/mol. The third kappa shape index (κ3) is 7.44. The van der Waals surface area contributed by atoms with E-state index >= 15 is 0 Å². The van der Waals surface area contributed by atoms with Crippen LogP contribution in [-0.4, -0.2) is 79.4 Å². The fourth-order valence-corrected chi connectivity index (χ4v) is 5.28. The average molecular weight is 562 g/mol. The van der Waals surface area contributed by atoms with Crippen molar-refractivity contribution in [2.45, 2.75) is 51.7 Å². The van der Waals surface area contributed by atoms with Gasteiger partial charge in [-0.3, -0.25) is 4.68 Å². The molecule has 2 fully saturated rings. The number of piperidine rings is 1. The first-order chi connectivity index (χ1) is 19.8. The van der Waals surface area contributed by atoms with Crippen LogP contribution in [0.5, 0.6) is 0 Å². The molecule has 3 N–H and O–H groups in total. The number of anilines is 2. The van der Waals surface area contributed by atoms with Crippen LogP contribution in [0.15, 0.2) is 42.7 Å². The summed E-state index contributed by atoms with van der Waals surface area (Å²) >= 11 is 0. The Kier molecular flexibility index (Phi) is 9.22. The first-order valence-corrected chi connectivity index (χ1v) is 14.6. The van der Waals surface area contributed by atoms with Gasteiger partial charge in [0.25, 0.3) is 0 Å². The number of carbonyl (C=O) groups is 1. The standard InChI is InChI=1S/C31H43N7O3/c1-22-5-6-25(35-30(39)33-12-9-31(2,3)40-4)19-27(22)23-17-28(36-29(18-23)37-13-15-41-16-14-37)24-20-34-38(21-24)26-7-10-32-11-8-26/h5-6,17-21,26,32H,7-16H2,1-4H3,(H2,33,35,39). The Morgan fingerprint density at radius 1 is 1.15 bits per heavy atom. The van der Waals surface area contributed by atoms with Crippen molar-refractivity contribution in [3.63, 3.8) is 0 Å². The van der Waals surface area contributed by atoms with Gasteiger partial charge < -0.3 is 30.3 Å². The van der Waals surface area contributed by atoms with E-state index in [1.54, 1.807) is 7.11 Å². The van der Waals surface area contributed by atoms with Gasteiger partial charge in [0.2, 0.25) is 0 Å². The number of hydrogen-bond donors (Lipinski definition) is 3. The lowest BCUT2D eigenvalue weighted by atomic mass is 9.98. The molecule has 4 heterocycles. The van der Waals surface area contributed by atoms with Gasteiger partial charge in [0, 0.05) is 44.2 Å². The van der Waals surface area contributed by atoms with E-state index < -0.39 is 0 Å². The largest absolute Gasteiger partial charge is 0.379 e. The summed E-state index contributed by atoms with van der Waals surface area (Å²) in [5.41, 5.74) is 5.56. The number of urea groups is 1. The first kappa shape index (κ1) is 29.0. The van der Waals surface area contributed by atoms with Gasteiger partial charge in [-0.15, -0.1) is 0 Å². The van der Waals surface area contributed by atoms with Gasteiger partial charge in [-0.05, 0) is 94.1 Å². The van der Waals surface area contributed by atoms with Crippen LogP contribution < -0.4 is 20.9 Å². The van der Waals surface area contributed by atoms with E-state index in [2.05, 4.69) is 50.8 Å². The number of morpholine rings is 1. The second-order valence-corrected chi connectivity index (χ2v) is 11.5. The van der Waals surface area contributed by atoms with Gasteiger partial charge in [0.05, 0.1) is 36.7 Å². The van der Waals surface area contributed by atoms with Crippen molar-refractivity contribution >= 4 is 17.5 Å². The highest BCUT2D eigenvalue weighted by atomic mass is 16.5. The molecule has 10 nitrogen and oxygen atoms in total. The first-order valence-electron chi connectivity index (χ1n) is 14.6. The fraction of sp³-hybridized carbons (Fsp3) is 0.516. The van der Waals surface area contributed by atoms with Gasteiger partial charge in [-0.2, -0.15) is 5.10 Å². The third-order valence-corrected chi connectivity index (χ3v) is 8.10. The summed E-state index contributed by atoms with van der Waals surface area (Å²) in [6, 6.07) is 10.5. The van der Waals surface area contributed by atoms with E-state index in [0.717, 1.165) is 78.5 Å². The molecule has 220 valence electrons. The highest BCUT2D eigenvalue weighted by Crippen LogP contribution is 2.33. The maximum absolute atomic E-state index is 12.6. The Bertz CT molecular complexity index is 1330. The van der Waals surface area contributed by atoms with E-state index in [-0.39, 0.29) is 11.6 Å². The molecule has 2 aliphatic heterocycles. The predicted octanol–water partition coefficient (Wildman–Crippen LogP) is 4.62. The normalized spacial score (nSPS) is 16.5. The molecule has 41 heavy (non-hydrogen) atoms. The van der Waals surface area contributed by atoms with Crippen LogP contribution in [0, 0.1) is 6.92 Å². The highest BCUT2D eigenvalue weighted by Gasteiger charge is 2.20. The number of aryl methyl sites for hydroxylation is 1. The number of rotatable bonds is 9. The Labute approximate surface area is 242 Å². The Morgan fingerprint density at radius 2 is 1.93 bits per heavy atom. The Balaban J connectivity index is 1.41. The summed E-state index contributed by atoms with van der Waals surface area (Å²) in [6.07, 6.45) is 6.92. The molecule has 1 aromatic carbocycles. The van der Waals surface area contributed by atoms with E-state index in [4.69, 9.17) is 19.6 Å². The molecule has 2 aromatic heterocycles. The van der Waals surface area contributed by atoms with Gasteiger partial charge in [-0.1, -0.05) is 6.07 Å². The number of ether oxygens (including phenoxy) is 2. The molecule has 2 aliphatic rings. The van der Waals surface area contributed by atoms with Crippen LogP contribution in [0.4, 0.5) is 16.3 Å². The van der Waals surface area contributed by atoms with E-state index in [1.807, 2.05) is 38.2 Å². The predicted molar refractivity (Wildman–Crippen MR) is 163 cm³/mol. The van der Waals surface area contributed by atoms with E-state index in [9.17, 15) is 4.79 Å². The molecule has 5 rings (SSSR count). The number of aromatic nitrogens is 3. The maximum atomic E-state index is 12.6. The van der Waals surface area contributed by atoms with Crippen LogP contribution >= 0.6 is 0 Å². The lowest BCUT2D eigenvalue weighted by Crippen LogP contribution is -2.36. The molecule has 0 atom stereocenters. The average Bonchev–Trinajstić information content (AvgIpc) is 3.49. The van der Waals surface area contributed by atoms with Crippen LogP contribution in [0.2, 0.25) is 0 Å². The van der Waals surface area contributed by atoms with Gasteiger partial charge in [-0.25, -0.2) is 9.78 Å². The van der Waals surface area contributed by atoms with Crippen LogP contribution in [0.1, 0.15) is 44.7 Å². The Morgan fingerprint density at radius 3 is 2.68 bits per heavy atom. The molecular weight excluding hydrogens is 518 g/mol. The fourth-order valence-electron chi connectivity index (χ4n) is 5.28. The minimum absolute atomic E-state index is 0.235. The smallest absolute Gasteiger partial charge is 0.319 e. The summed E-state index contributed by atoms with van der Waals surface area (Å²) < 4.78 is 13.2. The second kappa shape index (κ2) is 13.0. The van der Waals surface area contributed by atoms with Crippen molar-refractivity contribution in [2.75, 3.05) is 63.3 Å². The summed E-state index contributed by atoms with van der Waals surface area (Å²) in [5, 5.41) is 14.1. The Hall–Kier alpha value is -3.47. The van der Waals surface area contributed by atoms with Gasteiger partial charge >= 0.3 is 6.03 Å². The van der Waals surface area contributed by atoms with Crippen molar-refractivity contribution in [1.82, 2.24) is 25.4 Å². The molecule has 0 spiro atoms. The van der Waals surface area contributed by atoms with Crippen LogP contribution in [-0.2, 0) is 9.47 Å². The number of pyridine rings is 1. The molecule has 0 radical (unpaired) electrons. The van der Waals surface area contributed by atoms with Crippen molar-refractivity contribution in [3.8, 4) is 22.4 Å². The number of carbonyl (C=O) groups excluding carboxylic acids is 1. The van der Waals surface area contributed by atoms with Crippen molar-refractivity contribution in [3.05, 3.63) is 48.3 Å². The van der Waals surface area contributed by atoms with Gasteiger partial charge in [0.1, 0.15) is 5.82 Å². The second-order valence-electron chi connectivity index (χ2n) is 11.5. The molecule has 2 saturated heterocycles. The summed E-state index contributed by atoms with van der Waals surface area (Å²) in [6.45, 7) is 11.6. The molecule has 0 unspecified atom stereocenters. The number of nitrogens with zero attached hydrogens (tertiary/aromatic N) is 4. The zero-order valence-corrected chi connectivity index (χ0v) is 24.7. The minimum Gasteiger partial charge on any atom is -0.379 e. The zero-order chi connectivity index (χ0) is 28.8. The van der Waals surface area contributed by atoms with Gasteiger partial charge in [0.15, 0.2) is 0 Å². The maximum Gasteiger partial charge on any atom is 0.319 e. The quantitative estimate of drug-likeness (QED) is 0.350. The molecule has 0 saturated carbocycles. The molecule has 0 bridgehead atoms. The zero-order valence-electron chi connectivity index (χ0n) is 24.7. The number of methoxy groups -OCH3 is 1. The highest BCUT2D eigenvalue weighted by molar-refractivity contribution is 5.90. The van der Waals surface area contributed by atoms with Crippen LogP contribution in [0.3, 0.4) is 0 Å². The van der Waals surface area contributed by atoms with E-state index in [1.165, 1.54) is 0 Å². The molecule has 0 aliphatic carbocycles. The number of amides is 2. The third-order valence-electron chi connectivity index (χ3n) is 8.10. The summed E-state index contributed by atoms with van der Waals surface area (Å²) in [5.74, 6) is 0.923. The SMILES string of the molecule is COC(C)(C)CCNC(=O)Nc1ccc(C)c(-c2cc(-c3cnn(C4CCNCC4)c3)nc(N3CCOCC3)c2)c1. The van der Waals surface area contributed by atoms with E-state index in [0.29, 0.717) is 32.2 Å². The lowest BCUT2D eigenvalue weighted by Gasteiger charge is -2.28. The minimum atomic E-state index is -0.286. The van der Waals surface area contributed by atoms with Crippen molar-refractivity contribution < 1.29 is 14.3 Å². The molecule has 3 aromatic rings. The summed E-state index contributed by atoms with van der Waals surface area (Å²) in [4.78, 5) is 20.0. The topological polar surface area (TPSA) is 106 Å². The van der Waals surface area contributed by atoms with Crippen molar-refractivity contribution in [2.24, 2.45) is 0 Å². The lowest BCUT2D eigenvalue weighted by molar-refractivity contribution is 0.0165. The number of benzene rings is 1. The van der Waals surface area contributed by atoms with Crippen molar-refractivity contribution in [1.29, 1.82) is 0 Å². The molecule has 2 amide bonds. The van der Waals surface area contributed by atoms with Crippen LogP contribution in [0.25, 0.3) is 22.4 Å². The number of hydrogen-bond acceptors (Lipinski definition) is 7. The summed E-state index contributed by atoms with van der Waals surface area (Å²) in [7, 11) is 1.68.